The molecule has 10 rings (SSSR count). The number of fused-ring (bicyclic) bond motifs is 4. The van der Waals surface area contributed by atoms with E-state index in [1.54, 1.807) is 33.8 Å². The molecule has 1 spiro atoms. The third-order valence-electron chi connectivity index (χ3n) is 21.7. The Labute approximate surface area is 542 Å². The van der Waals surface area contributed by atoms with Gasteiger partial charge in [-0.15, -0.1) is 0 Å². The number of esters is 2. The number of carbonyl (C=O) groups is 5. The summed E-state index contributed by atoms with van der Waals surface area (Å²) >= 11 is 0. The Hall–Kier alpha value is -5.07. The average molecular weight is 1310 g/mol. The summed E-state index contributed by atoms with van der Waals surface area (Å²) in [5, 5.41) is 62.0. The maximum atomic E-state index is 15.6. The summed E-state index contributed by atoms with van der Waals surface area (Å²) in [7, 11) is 1.15. The number of aliphatic hydroxyl groups is 4. The number of hydrogen-bond acceptors (Lipinski definition) is 24. The van der Waals surface area contributed by atoms with Crippen LogP contribution in [-0.4, -0.2) is 197 Å². The highest BCUT2D eigenvalue weighted by atomic mass is 16.8. The molecular formula is C67H96N2O24. The molecular weight excluding hydrogens is 1220 g/mol. The molecule has 0 radical (unpaired) electrons. The van der Waals surface area contributed by atoms with Crippen LogP contribution < -0.4 is 5.32 Å². The lowest BCUT2D eigenvalue weighted by Gasteiger charge is -2.56. The number of hydrogen-bond donors (Lipinski definition) is 5. The number of alkyl carbamates (subject to hydrolysis) is 1. The van der Waals surface area contributed by atoms with Gasteiger partial charge in [0.05, 0.1) is 86.6 Å². The molecule has 518 valence electrons. The number of allylic oxidation sites excluding steroid dienone is 3. The Morgan fingerprint density at radius 2 is 1.35 bits per heavy atom. The van der Waals surface area contributed by atoms with E-state index < -0.39 is 210 Å². The quantitative estimate of drug-likeness (QED) is 0.0240. The molecule has 26 heteroatoms. The van der Waals surface area contributed by atoms with E-state index in [1.807, 2.05) is 39.8 Å². The summed E-state index contributed by atoms with van der Waals surface area (Å²) < 4.78 is 81.5. The van der Waals surface area contributed by atoms with Crippen LogP contribution >= 0.6 is 0 Å². The van der Waals surface area contributed by atoms with Crippen LogP contribution in [0.3, 0.4) is 0 Å². The molecule has 1 amide bonds. The van der Waals surface area contributed by atoms with E-state index >= 15 is 4.79 Å². The molecule has 6 saturated heterocycles. The first-order chi connectivity index (χ1) is 43.9. The highest BCUT2D eigenvalue weighted by Crippen LogP contribution is 2.61. The molecule has 6 heterocycles. The fourth-order valence-electron chi connectivity index (χ4n) is 16.9. The SMILES string of the molecule is COC(=O)N[C@H]1[C@@H](C)O[C@@H](O[C@H]2C/C=C(\C)[C@@H]3C=C[C@@H]4[C@@H](O[C@H]5C[C@@H](O[C@H]6CCC(O[C@H]7C[C@@H](O)C(O[C@H]8CCC(O)[C@H](C)O8)[C@H](C)O7)[C@H](C)O6)[C@@H](OC(C)=O)[C@H](C)O5)[C@@H](C)C[C@H](C)[C@H]4[C@]3(C)C(O)=C3C(=O)OC4(CC(C=O)=C[C@H](O)[C@H]4/C=C/2C)C3=O)C[C@]1(C)[N+](=O)[O-]. The molecule has 10 aliphatic rings. The van der Waals surface area contributed by atoms with Crippen molar-refractivity contribution in [2.45, 2.75) is 281 Å². The standard InChI is InChI=1S/C67H96N2O24/c1-30-14-18-47(88-54-28-65(11,69(79)80)60(38(9)86-54)68-64(78)81-13)31(2)23-43-45(73)24-40(29-70)27-67(43)62(76)55(63(77)93-67)61(75)66(12)42(30)16-15-41-56(66)32(3)22-33(4)57(41)92-53-26-49(59(37(8)85-53)87-39(10)71)90-50-21-19-48(35(6)83-50)89-52-25-46(74)58(36(7)84-52)91-51-20-17-44(72)34(5)82-51/h14-16,23-24,29,32-38,41-54,56-60,72-75H,17-22,25-28H2,1-13H3,(H,68,78)/b30-14+,31-23+,61-55?/t32-,33-,34-,35-,36-,37-,38+,41-,42-,43+,44?,45-,46+,47-,48?,49+,50-,51-,52-,53-,54-,56+,57-,58?,59-,60-,65-,66+,67?/m0/s1. The second-order valence-corrected chi connectivity index (χ2v) is 28.2. The normalized spacial score (nSPS) is 47.4. The summed E-state index contributed by atoms with van der Waals surface area (Å²) in [6.07, 6.45) is -4.21. The molecule has 0 aromatic heterocycles. The molecule has 4 unspecified atom stereocenters. The van der Waals surface area contributed by atoms with Crippen LogP contribution in [0.15, 0.2) is 58.4 Å². The molecule has 0 aromatic rings. The van der Waals surface area contributed by atoms with E-state index in [0.717, 1.165) is 7.11 Å². The van der Waals surface area contributed by atoms with E-state index in [4.69, 9.17) is 61.6 Å². The Balaban J connectivity index is 0.904. The predicted octanol–water partition coefficient (Wildman–Crippen LogP) is 6.36. The van der Waals surface area contributed by atoms with Crippen molar-refractivity contribution in [2.24, 2.45) is 40.9 Å². The highest BCUT2D eigenvalue weighted by Gasteiger charge is 2.65. The number of amides is 1. The average Bonchev–Trinajstić information content (AvgIpc) is 1.68. The van der Waals surface area contributed by atoms with E-state index in [2.05, 4.69) is 25.2 Å². The fraction of sp³-hybridized carbons (Fsp3) is 0.776. The van der Waals surface area contributed by atoms with Crippen molar-refractivity contribution in [3.8, 4) is 0 Å². The number of ketones is 1. The number of nitro groups is 1. The monoisotopic (exact) mass is 1310 g/mol. The lowest BCUT2D eigenvalue weighted by atomic mass is 9.49. The number of rotatable bonds is 14. The van der Waals surface area contributed by atoms with Gasteiger partial charge in [-0.2, -0.15) is 0 Å². The predicted molar refractivity (Wildman–Crippen MR) is 325 cm³/mol. The van der Waals surface area contributed by atoms with Crippen molar-refractivity contribution < 1.29 is 111 Å². The van der Waals surface area contributed by atoms with Gasteiger partial charge in [-0.3, -0.25) is 24.5 Å². The van der Waals surface area contributed by atoms with Gasteiger partial charge in [0.15, 0.2) is 43.2 Å². The minimum absolute atomic E-state index is 0.00196. The lowest BCUT2D eigenvalue weighted by Crippen LogP contribution is -2.65. The molecule has 93 heavy (non-hydrogen) atoms. The van der Waals surface area contributed by atoms with Crippen LogP contribution in [0, 0.1) is 51.0 Å². The number of Topliss-reactive ketones (excluding diaryl/α,β-unsaturated/α-hetero) is 1. The summed E-state index contributed by atoms with van der Waals surface area (Å²) in [6.45, 7) is 21.0. The van der Waals surface area contributed by atoms with Gasteiger partial charge in [0, 0.05) is 68.1 Å². The van der Waals surface area contributed by atoms with E-state index in [1.165, 1.54) is 19.9 Å². The lowest BCUT2D eigenvalue weighted by molar-refractivity contribution is -0.584. The van der Waals surface area contributed by atoms with Crippen LogP contribution in [0.5, 0.6) is 0 Å². The van der Waals surface area contributed by atoms with Crippen molar-refractivity contribution in [3.05, 3.63) is 68.5 Å². The second-order valence-electron chi connectivity index (χ2n) is 28.2. The van der Waals surface area contributed by atoms with Gasteiger partial charge in [0.1, 0.15) is 35.9 Å². The number of ether oxygens (including phenoxy) is 13. The van der Waals surface area contributed by atoms with Gasteiger partial charge in [0.25, 0.3) is 0 Å². The molecule has 6 aliphatic heterocycles. The van der Waals surface area contributed by atoms with E-state index in [0.29, 0.717) is 49.5 Å². The minimum atomic E-state index is -2.20. The zero-order chi connectivity index (χ0) is 67.5. The maximum absolute atomic E-state index is 15.6. The van der Waals surface area contributed by atoms with Gasteiger partial charge in [0.2, 0.25) is 11.3 Å². The summed E-state index contributed by atoms with van der Waals surface area (Å²) in [4.78, 5) is 80.4. The molecule has 2 bridgehead atoms. The first-order valence-corrected chi connectivity index (χ1v) is 33.1. The molecule has 26 nitrogen and oxygen atoms in total. The van der Waals surface area contributed by atoms with Crippen LogP contribution in [0.2, 0.25) is 0 Å². The van der Waals surface area contributed by atoms with Gasteiger partial charge >= 0.3 is 18.0 Å². The van der Waals surface area contributed by atoms with Gasteiger partial charge in [-0.1, -0.05) is 50.6 Å². The first-order valence-electron chi connectivity index (χ1n) is 33.1. The van der Waals surface area contributed by atoms with Gasteiger partial charge in [-0.05, 0) is 109 Å². The van der Waals surface area contributed by atoms with Crippen molar-refractivity contribution in [1.29, 1.82) is 0 Å². The summed E-state index contributed by atoms with van der Waals surface area (Å²) in [6, 6.07) is -1.12. The highest BCUT2D eigenvalue weighted by molar-refractivity contribution is 6.26. The molecule has 1 saturated carbocycles. The zero-order valence-corrected chi connectivity index (χ0v) is 55.4. The van der Waals surface area contributed by atoms with Gasteiger partial charge < -0.3 is 87.3 Å². The van der Waals surface area contributed by atoms with Gasteiger partial charge in [-0.25, -0.2) is 9.59 Å². The zero-order valence-electron chi connectivity index (χ0n) is 55.4. The van der Waals surface area contributed by atoms with Crippen molar-refractivity contribution in [1.82, 2.24) is 5.32 Å². The third-order valence-corrected chi connectivity index (χ3v) is 21.7. The smallest absolute Gasteiger partial charge is 0.407 e. The Bertz CT molecular complexity index is 2960. The largest absolute Gasteiger partial charge is 0.511 e. The summed E-state index contributed by atoms with van der Waals surface area (Å²) in [5.41, 5.74) is -4.91. The molecule has 4 aliphatic carbocycles. The number of carbonyl (C=O) groups excluding carboxylic acids is 5. The fourth-order valence-corrected chi connectivity index (χ4v) is 16.9. The number of aldehydes is 1. The Morgan fingerprint density at radius 1 is 0.720 bits per heavy atom. The second kappa shape index (κ2) is 28.2. The Morgan fingerprint density at radius 3 is 2.01 bits per heavy atom. The third kappa shape index (κ3) is 14.0. The van der Waals surface area contributed by atoms with E-state index in [-0.39, 0.29) is 43.1 Å². The summed E-state index contributed by atoms with van der Waals surface area (Å²) in [5.74, 6) is -6.46. The first kappa shape index (κ1) is 70.7. The van der Waals surface area contributed by atoms with Crippen molar-refractivity contribution in [2.75, 3.05) is 7.11 Å². The molecule has 0 aromatic carbocycles. The maximum Gasteiger partial charge on any atom is 0.407 e. The molecule has 5 N–H and O–H groups in total. The molecule has 7 fully saturated rings. The molecule has 29 atom stereocenters. The van der Waals surface area contributed by atoms with Crippen LogP contribution in [0.1, 0.15) is 147 Å². The van der Waals surface area contributed by atoms with E-state index in [9.17, 15) is 49.7 Å². The number of aliphatic hydroxyl groups excluding tert-OH is 4. The number of nitrogens with one attached hydrogen (secondary N) is 1. The van der Waals surface area contributed by atoms with Crippen molar-refractivity contribution >= 4 is 30.1 Å². The number of nitrogens with zero attached hydrogens (tertiary/aromatic N) is 1. The Kier molecular flexibility index (Phi) is 21.4. The minimum Gasteiger partial charge on any atom is -0.511 e. The van der Waals surface area contributed by atoms with Crippen LogP contribution in [0.4, 0.5) is 4.79 Å². The topological polar surface area (TPSA) is 341 Å². The van der Waals surface area contributed by atoms with Crippen molar-refractivity contribution in [3.63, 3.8) is 0 Å². The van der Waals surface area contributed by atoms with Crippen LogP contribution in [-0.2, 0) is 80.8 Å². The number of methoxy groups -OCH3 is 1. The van der Waals surface area contributed by atoms with Crippen LogP contribution in [0.25, 0.3) is 0 Å².